The molecule has 6 nitrogen and oxygen atoms in total. The fourth-order valence-corrected chi connectivity index (χ4v) is 3.96. The van der Waals surface area contributed by atoms with E-state index >= 15 is 0 Å². The Morgan fingerprint density at radius 2 is 1.75 bits per heavy atom. The molecule has 0 saturated carbocycles. The monoisotopic (exact) mass is 409 g/mol. The Morgan fingerprint density at radius 1 is 1.04 bits per heavy atom. The highest BCUT2D eigenvalue weighted by Crippen LogP contribution is 2.23. The molecule has 0 bridgehead atoms. The van der Waals surface area contributed by atoms with E-state index in [-0.39, 0.29) is 36.2 Å². The van der Waals surface area contributed by atoms with Crippen LogP contribution in [0.4, 0.5) is 0 Å². The standard InChI is InChI=1S/C21H31N3O3.ClH/c22-11-5-15-27-19-9-13-23(14-10-19)21(26)18-8-4-12-24(16-18)20(25)17-6-2-1-3-7-17;/h1-3,6-7,18-19H,4-5,8-16,22H2;1H. The molecule has 2 aliphatic rings. The van der Waals surface area contributed by atoms with Crippen LogP contribution in [0.3, 0.4) is 0 Å². The maximum absolute atomic E-state index is 13.0. The van der Waals surface area contributed by atoms with Crippen LogP contribution in [-0.2, 0) is 9.53 Å². The Morgan fingerprint density at radius 3 is 2.43 bits per heavy atom. The third kappa shape index (κ3) is 5.93. The van der Waals surface area contributed by atoms with E-state index in [4.69, 9.17) is 10.5 Å². The van der Waals surface area contributed by atoms with E-state index in [0.717, 1.165) is 51.7 Å². The van der Waals surface area contributed by atoms with Crippen molar-refractivity contribution in [3.05, 3.63) is 35.9 Å². The summed E-state index contributed by atoms with van der Waals surface area (Å²) in [5.74, 6) is 0.141. The number of benzene rings is 1. The van der Waals surface area contributed by atoms with Gasteiger partial charge >= 0.3 is 0 Å². The van der Waals surface area contributed by atoms with Crippen LogP contribution >= 0.6 is 12.4 Å². The molecule has 7 heteroatoms. The highest BCUT2D eigenvalue weighted by atomic mass is 35.5. The molecule has 0 radical (unpaired) electrons. The molecule has 2 amide bonds. The topological polar surface area (TPSA) is 75.9 Å². The van der Waals surface area contributed by atoms with Crippen molar-refractivity contribution < 1.29 is 14.3 Å². The maximum Gasteiger partial charge on any atom is 0.253 e. The smallest absolute Gasteiger partial charge is 0.253 e. The number of amides is 2. The normalized spacial score (nSPS) is 20.5. The molecule has 156 valence electrons. The summed E-state index contributed by atoms with van der Waals surface area (Å²) in [6, 6.07) is 9.33. The van der Waals surface area contributed by atoms with Crippen molar-refractivity contribution in [2.75, 3.05) is 39.3 Å². The summed E-state index contributed by atoms with van der Waals surface area (Å²) in [5.41, 5.74) is 6.19. The highest BCUT2D eigenvalue weighted by molar-refractivity contribution is 5.94. The molecule has 0 aliphatic carbocycles. The number of carbonyl (C=O) groups is 2. The maximum atomic E-state index is 13.0. The largest absolute Gasteiger partial charge is 0.378 e. The van der Waals surface area contributed by atoms with Gasteiger partial charge in [-0.25, -0.2) is 0 Å². The Balaban J connectivity index is 0.00000280. The number of likely N-dealkylation sites (tertiary alicyclic amines) is 2. The second-order valence-corrected chi connectivity index (χ2v) is 7.49. The van der Waals surface area contributed by atoms with E-state index in [2.05, 4.69) is 0 Å². The van der Waals surface area contributed by atoms with Crippen molar-refractivity contribution in [3.8, 4) is 0 Å². The lowest BCUT2D eigenvalue weighted by Crippen LogP contribution is -2.49. The van der Waals surface area contributed by atoms with Crippen LogP contribution < -0.4 is 5.73 Å². The molecule has 0 spiro atoms. The average Bonchev–Trinajstić information content (AvgIpc) is 2.74. The van der Waals surface area contributed by atoms with E-state index in [9.17, 15) is 9.59 Å². The molecule has 1 atom stereocenters. The average molecular weight is 410 g/mol. The zero-order valence-electron chi connectivity index (χ0n) is 16.4. The Labute approximate surface area is 173 Å². The van der Waals surface area contributed by atoms with Gasteiger partial charge in [-0.1, -0.05) is 18.2 Å². The lowest BCUT2D eigenvalue weighted by atomic mass is 9.94. The van der Waals surface area contributed by atoms with Gasteiger partial charge in [-0.3, -0.25) is 9.59 Å². The number of halogens is 1. The number of piperidine rings is 2. The van der Waals surface area contributed by atoms with Crippen LogP contribution in [0.1, 0.15) is 42.5 Å². The highest BCUT2D eigenvalue weighted by Gasteiger charge is 2.33. The lowest BCUT2D eigenvalue weighted by Gasteiger charge is -2.37. The van der Waals surface area contributed by atoms with Gasteiger partial charge in [0.25, 0.3) is 5.91 Å². The molecule has 2 heterocycles. The van der Waals surface area contributed by atoms with Gasteiger partial charge in [0.05, 0.1) is 12.0 Å². The minimum Gasteiger partial charge on any atom is -0.378 e. The first-order valence-corrected chi connectivity index (χ1v) is 10.1. The first-order chi connectivity index (χ1) is 13.2. The molecule has 28 heavy (non-hydrogen) atoms. The number of carbonyl (C=O) groups excluding carboxylic acids is 2. The number of rotatable bonds is 6. The summed E-state index contributed by atoms with van der Waals surface area (Å²) < 4.78 is 5.82. The third-order valence-electron chi connectivity index (χ3n) is 5.53. The Kier molecular flexibility index (Phi) is 9.22. The molecule has 2 aliphatic heterocycles. The van der Waals surface area contributed by atoms with Gasteiger partial charge in [0.15, 0.2) is 0 Å². The van der Waals surface area contributed by atoms with Gasteiger partial charge in [-0.2, -0.15) is 0 Å². The minimum atomic E-state index is -0.0823. The molecule has 2 N–H and O–H groups in total. The molecule has 3 rings (SSSR count). The van der Waals surface area contributed by atoms with Gasteiger partial charge in [0.1, 0.15) is 0 Å². The van der Waals surface area contributed by atoms with Gasteiger partial charge in [0, 0.05) is 38.3 Å². The lowest BCUT2D eigenvalue weighted by molar-refractivity contribution is -0.139. The summed E-state index contributed by atoms with van der Waals surface area (Å²) in [6.45, 7) is 4.10. The van der Waals surface area contributed by atoms with Crippen molar-refractivity contribution in [1.82, 2.24) is 9.80 Å². The van der Waals surface area contributed by atoms with Gasteiger partial charge < -0.3 is 20.3 Å². The summed E-state index contributed by atoms with van der Waals surface area (Å²) in [7, 11) is 0. The SMILES string of the molecule is Cl.NCCCOC1CCN(C(=O)C2CCCN(C(=O)c3ccccc3)C2)CC1. The number of nitrogens with two attached hydrogens (primary N) is 1. The van der Waals surface area contributed by atoms with E-state index in [1.807, 2.05) is 40.1 Å². The van der Waals surface area contributed by atoms with Gasteiger partial charge in [-0.05, 0) is 50.8 Å². The summed E-state index contributed by atoms with van der Waals surface area (Å²) in [5, 5.41) is 0. The predicted molar refractivity (Wildman–Crippen MR) is 112 cm³/mol. The van der Waals surface area contributed by atoms with E-state index in [1.165, 1.54) is 0 Å². The molecular weight excluding hydrogens is 378 g/mol. The van der Waals surface area contributed by atoms with Gasteiger partial charge in [0.2, 0.25) is 5.91 Å². The van der Waals surface area contributed by atoms with Crippen molar-refractivity contribution in [2.24, 2.45) is 11.7 Å². The van der Waals surface area contributed by atoms with Crippen LogP contribution in [0, 0.1) is 5.92 Å². The first kappa shape index (κ1) is 22.7. The Bertz CT molecular complexity index is 621. The van der Waals surface area contributed by atoms with Crippen LogP contribution in [0.15, 0.2) is 30.3 Å². The molecule has 1 aromatic carbocycles. The van der Waals surface area contributed by atoms with E-state index < -0.39 is 0 Å². The number of hydrogen-bond acceptors (Lipinski definition) is 4. The number of nitrogens with zero attached hydrogens (tertiary/aromatic N) is 2. The van der Waals surface area contributed by atoms with Crippen molar-refractivity contribution in [2.45, 2.75) is 38.2 Å². The summed E-state index contributed by atoms with van der Waals surface area (Å²) in [4.78, 5) is 29.4. The van der Waals surface area contributed by atoms with E-state index in [0.29, 0.717) is 25.3 Å². The minimum absolute atomic E-state index is 0. The van der Waals surface area contributed by atoms with Crippen molar-refractivity contribution in [1.29, 1.82) is 0 Å². The van der Waals surface area contributed by atoms with Crippen LogP contribution in [0.2, 0.25) is 0 Å². The second kappa shape index (κ2) is 11.4. The molecular formula is C21H32ClN3O3. The molecule has 2 fully saturated rings. The molecule has 1 unspecified atom stereocenters. The molecule has 0 aromatic heterocycles. The van der Waals surface area contributed by atoms with Crippen LogP contribution in [0.5, 0.6) is 0 Å². The second-order valence-electron chi connectivity index (χ2n) is 7.49. The summed E-state index contributed by atoms with van der Waals surface area (Å²) >= 11 is 0. The van der Waals surface area contributed by atoms with Crippen molar-refractivity contribution >= 4 is 24.2 Å². The zero-order chi connectivity index (χ0) is 19.1. The van der Waals surface area contributed by atoms with E-state index in [1.54, 1.807) is 0 Å². The fraction of sp³-hybridized carbons (Fsp3) is 0.619. The quantitative estimate of drug-likeness (QED) is 0.731. The first-order valence-electron chi connectivity index (χ1n) is 10.1. The number of hydrogen-bond donors (Lipinski definition) is 1. The predicted octanol–water partition coefficient (Wildman–Crippen LogP) is 2.32. The zero-order valence-corrected chi connectivity index (χ0v) is 17.2. The summed E-state index contributed by atoms with van der Waals surface area (Å²) in [6.07, 6.45) is 4.64. The molecule has 2 saturated heterocycles. The van der Waals surface area contributed by atoms with Crippen LogP contribution in [-0.4, -0.2) is 67.0 Å². The van der Waals surface area contributed by atoms with Crippen LogP contribution in [0.25, 0.3) is 0 Å². The Hall–Kier alpha value is -1.63. The van der Waals surface area contributed by atoms with Gasteiger partial charge in [-0.15, -0.1) is 12.4 Å². The fourth-order valence-electron chi connectivity index (χ4n) is 3.96. The third-order valence-corrected chi connectivity index (χ3v) is 5.53. The molecule has 1 aromatic rings. The van der Waals surface area contributed by atoms with Crippen molar-refractivity contribution in [3.63, 3.8) is 0 Å². The number of ether oxygens (including phenoxy) is 1.